The fourth-order valence-corrected chi connectivity index (χ4v) is 1.46. The summed E-state index contributed by atoms with van der Waals surface area (Å²) in [5, 5.41) is 14.2. The molecule has 0 spiro atoms. The lowest BCUT2D eigenvalue weighted by atomic mass is 10.00. The molecule has 6 nitrogen and oxygen atoms in total. The van der Waals surface area contributed by atoms with Gasteiger partial charge in [0, 0.05) is 18.9 Å². The first-order valence-electron chi connectivity index (χ1n) is 6.08. The van der Waals surface area contributed by atoms with E-state index in [1.54, 1.807) is 19.3 Å². The molecule has 0 radical (unpaired) electrons. The molecule has 0 aliphatic rings. The van der Waals surface area contributed by atoms with Gasteiger partial charge in [-0.1, -0.05) is 6.92 Å². The minimum Gasteiger partial charge on any atom is -0.480 e. The average Bonchev–Trinajstić information content (AvgIpc) is 2.37. The molecule has 2 amide bonds. The average molecular weight is 265 g/mol. The Kier molecular flexibility index (Phi) is 4.86. The molecule has 0 bridgehead atoms. The van der Waals surface area contributed by atoms with Crippen LogP contribution >= 0.6 is 0 Å². The molecule has 1 rings (SSSR count). The lowest BCUT2D eigenvalue weighted by molar-refractivity contribution is -0.143. The zero-order valence-electron chi connectivity index (χ0n) is 11.4. The predicted octanol–water partition coefficient (Wildman–Crippen LogP) is 1.44. The largest absolute Gasteiger partial charge is 0.480 e. The van der Waals surface area contributed by atoms with Crippen LogP contribution in [0.5, 0.6) is 0 Å². The van der Waals surface area contributed by atoms with Crippen LogP contribution in [0.2, 0.25) is 0 Å². The third kappa shape index (κ3) is 3.94. The zero-order valence-corrected chi connectivity index (χ0v) is 11.4. The van der Waals surface area contributed by atoms with Gasteiger partial charge in [0.15, 0.2) is 0 Å². The Balaban J connectivity index is 2.57. The quantitative estimate of drug-likeness (QED) is 0.751. The molecule has 0 aliphatic carbocycles. The summed E-state index contributed by atoms with van der Waals surface area (Å²) < 4.78 is 0. The number of pyridine rings is 1. The molecule has 1 atom stereocenters. The highest BCUT2D eigenvalue weighted by Crippen LogP contribution is 2.09. The Morgan fingerprint density at radius 2 is 2.16 bits per heavy atom. The second-order valence-electron chi connectivity index (χ2n) is 4.60. The van der Waals surface area contributed by atoms with Gasteiger partial charge in [0.25, 0.3) is 0 Å². The van der Waals surface area contributed by atoms with Crippen LogP contribution in [-0.2, 0) is 11.3 Å². The number of hydrogen-bond donors (Lipinski definition) is 3. The number of aryl methyl sites for hydroxylation is 1. The number of rotatable bonds is 5. The van der Waals surface area contributed by atoms with E-state index in [0.717, 1.165) is 11.1 Å². The monoisotopic (exact) mass is 265 g/mol. The normalized spacial score (nSPS) is 13.4. The van der Waals surface area contributed by atoms with Gasteiger partial charge < -0.3 is 15.7 Å². The van der Waals surface area contributed by atoms with Crippen molar-refractivity contribution in [2.45, 2.75) is 39.3 Å². The lowest BCUT2D eigenvalue weighted by Gasteiger charge is -2.24. The molecule has 0 aliphatic heterocycles. The minimum atomic E-state index is -1.25. The fraction of sp³-hybridized carbons (Fsp3) is 0.462. The molecule has 0 saturated carbocycles. The molecule has 6 heteroatoms. The second kappa shape index (κ2) is 6.17. The van der Waals surface area contributed by atoms with Crippen molar-refractivity contribution in [3.05, 3.63) is 29.6 Å². The van der Waals surface area contributed by atoms with Crippen LogP contribution < -0.4 is 10.6 Å². The first kappa shape index (κ1) is 14.9. The number of carbonyl (C=O) groups excluding carboxylic acids is 1. The van der Waals surface area contributed by atoms with E-state index in [4.69, 9.17) is 5.11 Å². The molecular weight excluding hydrogens is 246 g/mol. The van der Waals surface area contributed by atoms with Crippen molar-refractivity contribution in [3.63, 3.8) is 0 Å². The first-order valence-corrected chi connectivity index (χ1v) is 6.08. The number of hydrogen-bond acceptors (Lipinski definition) is 3. The van der Waals surface area contributed by atoms with Gasteiger partial charge in [0.05, 0.1) is 0 Å². The Hall–Kier alpha value is -2.11. The number of aliphatic carboxylic acids is 1. The van der Waals surface area contributed by atoms with Crippen molar-refractivity contribution in [1.29, 1.82) is 0 Å². The summed E-state index contributed by atoms with van der Waals surface area (Å²) in [7, 11) is 0. The summed E-state index contributed by atoms with van der Waals surface area (Å²) >= 11 is 0. The van der Waals surface area contributed by atoms with Crippen LogP contribution in [0.15, 0.2) is 18.5 Å². The van der Waals surface area contributed by atoms with Gasteiger partial charge in [0.2, 0.25) is 0 Å². The molecule has 3 N–H and O–H groups in total. The molecule has 1 aromatic rings. The number of carboxylic acids is 1. The minimum absolute atomic E-state index is 0.310. The van der Waals surface area contributed by atoms with Crippen molar-refractivity contribution in [1.82, 2.24) is 15.6 Å². The highest BCUT2D eigenvalue weighted by atomic mass is 16.4. The number of urea groups is 1. The van der Waals surface area contributed by atoms with Crippen LogP contribution in [0.4, 0.5) is 4.79 Å². The molecule has 104 valence electrons. The number of carboxylic acid groups (broad SMARTS) is 1. The van der Waals surface area contributed by atoms with Gasteiger partial charge in [-0.15, -0.1) is 0 Å². The molecular formula is C13H19N3O3. The van der Waals surface area contributed by atoms with E-state index in [2.05, 4.69) is 15.6 Å². The summed E-state index contributed by atoms with van der Waals surface area (Å²) in [5.41, 5.74) is 0.662. The summed E-state index contributed by atoms with van der Waals surface area (Å²) in [4.78, 5) is 26.7. The standard InChI is InChI=1S/C13H19N3O3/c1-4-13(3,11(17)18)16-12(19)15-8-10-5-6-14-7-9(10)2/h5-7H,4,8H2,1-3H3,(H,17,18)(H2,15,16,19). The summed E-state index contributed by atoms with van der Waals surface area (Å²) in [6.07, 6.45) is 3.67. The van der Waals surface area contributed by atoms with Crippen LogP contribution in [0.3, 0.4) is 0 Å². The Labute approximate surface area is 112 Å². The van der Waals surface area contributed by atoms with Gasteiger partial charge in [-0.05, 0) is 37.5 Å². The number of aromatic nitrogens is 1. The van der Waals surface area contributed by atoms with E-state index in [0.29, 0.717) is 13.0 Å². The summed E-state index contributed by atoms with van der Waals surface area (Å²) in [6, 6.07) is 1.31. The molecule has 0 fully saturated rings. The molecule has 1 aromatic heterocycles. The van der Waals surface area contributed by atoms with Crippen molar-refractivity contribution in [2.75, 3.05) is 0 Å². The maximum Gasteiger partial charge on any atom is 0.329 e. The van der Waals surface area contributed by atoms with Crippen molar-refractivity contribution in [2.24, 2.45) is 0 Å². The van der Waals surface area contributed by atoms with Gasteiger partial charge >= 0.3 is 12.0 Å². The van der Waals surface area contributed by atoms with E-state index in [1.807, 2.05) is 13.0 Å². The van der Waals surface area contributed by atoms with E-state index < -0.39 is 17.5 Å². The molecule has 19 heavy (non-hydrogen) atoms. The SMILES string of the molecule is CCC(C)(NC(=O)NCc1ccncc1C)C(=O)O. The Morgan fingerprint density at radius 3 is 2.68 bits per heavy atom. The smallest absolute Gasteiger partial charge is 0.329 e. The molecule has 1 unspecified atom stereocenters. The van der Waals surface area contributed by atoms with Crippen molar-refractivity contribution >= 4 is 12.0 Å². The maximum absolute atomic E-state index is 11.7. The Morgan fingerprint density at radius 1 is 1.47 bits per heavy atom. The van der Waals surface area contributed by atoms with Gasteiger partial charge in [-0.2, -0.15) is 0 Å². The summed E-state index contributed by atoms with van der Waals surface area (Å²) in [6.45, 7) is 5.42. The lowest BCUT2D eigenvalue weighted by Crippen LogP contribution is -2.54. The molecule has 0 saturated heterocycles. The van der Waals surface area contributed by atoms with Crippen LogP contribution in [0.25, 0.3) is 0 Å². The van der Waals surface area contributed by atoms with Crippen molar-refractivity contribution < 1.29 is 14.7 Å². The Bertz CT molecular complexity index is 476. The van der Waals surface area contributed by atoms with Gasteiger partial charge in [-0.3, -0.25) is 4.98 Å². The van der Waals surface area contributed by atoms with Crippen LogP contribution in [0, 0.1) is 6.92 Å². The number of carbonyl (C=O) groups is 2. The molecule has 0 aromatic carbocycles. The second-order valence-corrected chi connectivity index (χ2v) is 4.60. The highest BCUT2D eigenvalue weighted by molar-refractivity contribution is 5.85. The third-order valence-corrected chi connectivity index (χ3v) is 3.14. The fourth-order valence-electron chi connectivity index (χ4n) is 1.46. The topological polar surface area (TPSA) is 91.3 Å². The predicted molar refractivity (Wildman–Crippen MR) is 70.7 cm³/mol. The van der Waals surface area contributed by atoms with Gasteiger partial charge in [0.1, 0.15) is 5.54 Å². The number of nitrogens with zero attached hydrogens (tertiary/aromatic N) is 1. The van der Waals surface area contributed by atoms with E-state index in [9.17, 15) is 9.59 Å². The van der Waals surface area contributed by atoms with Crippen LogP contribution in [0.1, 0.15) is 31.4 Å². The number of nitrogens with one attached hydrogen (secondary N) is 2. The first-order chi connectivity index (χ1) is 8.89. The van der Waals surface area contributed by atoms with Crippen LogP contribution in [-0.4, -0.2) is 27.6 Å². The van der Waals surface area contributed by atoms with E-state index >= 15 is 0 Å². The molecule has 1 heterocycles. The van der Waals surface area contributed by atoms with E-state index in [-0.39, 0.29) is 0 Å². The van der Waals surface area contributed by atoms with E-state index in [1.165, 1.54) is 6.92 Å². The summed E-state index contributed by atoms with van der Waals surface area (Å²) in [5.74, 6) is -1.05. The number of amides is 2. The highest BCUT2D eigenvalue weighted by Gasteiger charge is 2.32. The third-order valence-electron chi connectivity index (χ3n) is 3.14. The zero-order chi connectivity index (χ0) is 14.5. The van der Waals surface area contributed by atoms with Crippen molar-refractivity contribution in [3.8, 4) is 0 Å². The van der Waals surface area contributed by atoms with Gasteiger partial charge in [-0.25, -0.2) is 9.59 Å². The maximum atomic E-state index is 11.7.